The van der Waals surface area contributed by atoms with Gasteiger partial charge < -0.3 is 15.7 Å². The fourth-order valence-corrected chi connectivity index (χ4v) is 5.72. The van der Waals surface area contributed by atoms with Crippen molar-refractivity contribution in [2.45, 2.75) is 52.2 Å². The van der Waals surface area contributed by atoms with Gasteiger partial charge in [-0.1, -0.05) is 62.7 Å². The lowest BCUT2D eigenvalue weighted by Gasteiger charge is -2.62. The van der Waals surface area contributed by atoms with Crippen LogP contribution in [0.5, 0.6) is 0 Å². The lowest BCUT2D eigenvalue weighted by molar-refractivity contribution is -0.123. The Kier molecular flexibility index (Phi) is 6.32. The molecule has 3 N–H and O–H groups in total. The molecule has 32 heavy (non-hydrogen) atoms. The molecule has 1 aromatic carbocycles. The molecule has 1 aromatic heterocycles. The molecule has 0 radical (unpaired) electrons. The first-order chi connectivity index (χ1) is 15.2. The Labute approximate surface area is 193 Å². The van der Waals surface area contributed by atoms with Gasteiger partial charge in [-0.2, -0.15) is 5.10 Å². The molecule has 1 amide bonds. The average Bonchev–Trinajstić information content (AvgIpc) is 2.78. The molecule has 2 aromatic rings. The first-order valence-corrected chi connectivity index (χ1v) is 11.6. The van der Waals surface area contributed by atoms with Crippen molar-refractivity contribution in [3.63, 3.8) is 0 Å². The van der Waals surface area contributed by atoms with Gasteiger partial charge >= 0.3 is 0 Å². The quantitative estimate of drug-likeness (QED) is 0.592. The summed E-state index contributed by atoms with van der Waals surface area (Å²) >= 11 is 6.37. The van der Waals surface area contributed by atoms with Gasteiger partial charge in [-0.25, -0.2) is 4.68 Å². The number of halogens is 1. The van der Waals surface area contributed by atoms with Crippen LogP contribution >= 0.6 is 11.6 Å². The lowest BCUT2D eigenvalue weighted by Crippen LogP contribution is -2.58. The predicted octanol–water partition coefficient (Wildman–Crippen LogP) is 3.23. The third-order valence-electron chi connectivity index (χ3n) is 7.69. The second-order valence-electron chi connectivity index (χ2n) is 9.75. The topological polar surface area (TPSA) is 96.2 Å². The SMILES string of the molecule is C[C@@H]1[C@H]2C[C@@H](C[C@H]1Nc1cnn(CC(=O)N[C@H](CO)c3ccccc3)c(=O)c1Cl)C2(C)C. The van der Waals surface area contributed by atoms with Gasteiger partial charge in [-0.15, -0.1) is 0 Å². The van der Waals surface area contributed by atoms with E-state index >= 15 is 0 Å². The molecule has 0 saturated heterocycles. The predicted molar refractivity (Wildman–Crippen MR) is 124 cm³/mol. The Bertz CT molecular complexity index is 1040. The first kappa shape index (κ1) is 22.8. The normalized spacial score (nSPS) is 26.7. The van der Waals surface area contributed by atoms with E-state index in [2.05, 4.69) is 36.5 Å². The number of carbonyl (C=O) groups excluding carboxylic acids is 1. The van der Waals surface area contributed by atoms with Crippen LogP contribution in [0, 0.1) is 23.2 Å². The molecule has 7 nitrogen and oxygen atoms in total. The van der Waals surface area contributed by atoms with Gasteiger partial charge in [0.05, 0.1) is 24.5 Å². The maximum atomic E-state index is 12.7. The highest BCUT2D eigenvalue weighted by molar-refractivity contribution is 6.32. The number of rotatable bonds is 7. The van der Waals surface area contributed by atoms with Crippen molar-refractivity contribution in [3.05, 3.63) is 57.5 Å². The van der Waals surface area contributed by atoms with E-state index in [-0.39, 0.29) is 24.2 Å². The van der Waals surface area contributed by atoms with Crippen LogP contribution in [0.15, 0.2) is 41.3 Å². The molecule has 8 heteroatoms. The van der Waals surface area contributed by atoms with E-state index in [1.165, 1.54) is 12.6 Å². The summed E-state index contributed by atoms with van der Waals surface area (Å²) in [5, 5.41) is 20.0. The summed E-state index contributed by atoms with van der Waals surface area (Å²) in [6.07, 6.45) is 3.84. The number of anilines is 1. The molecule has 3 fully saturated rings. The number of aliphatic hydroxyl groups is 1. The Balaban J connectivity index is 1.42. The highest BCUT2D eigenvalue weighted by Gasteiger charge is 2.56. The molecule has 1 heterocycles. The minimum atomic E-state index is -0.556. The molecule has 2 bridgehead atoms. The van der Waals surface area contributed by atoms with Crippen LogP contribution in [0.25, 0.3) is 0 Å². The Hall–Kier alpha value is -2.38. The maximum absolute atomic E-state index is 12.7. The molecule has 5 atom stereocenters. The molecule has 3 saturated carbocycles. The van der Waals surface area contributed by atoms with E-state index in [1.807, 2.05) is 30.3 Å². The van der Waals surface area contributed by atoms with Gasteiger partial charge in [-0.05, 0) is 41.6 Å². The highest BCUT2D eigenvalue weighted by Crippen LogP contribution is 2.61. The number of carbonyl (C=O) groups is 1. The number of hydrogen-bond donors (Lipinski definition) is 3. The van der Waals surface area contributed by atoms with Gasteiger partial charge in [0.25, 0.3) is 5.56 Å². The van der Waals surface area contributed by atoms with Crippen LogP contribution in [-0.4, -0.2) is 33.4 Å². The summed E-state index contributed by atoms with van der Waals surface area (Å²) in [4.78, 5) is 25.2. The molecule has 0 aliphatic heterocycles. The highest BCUT2D eigenvalue weighted by atomic mass is 35.5. The fourth-order valence-electron chi connectivity index (χ4n) is 5.51. The van der Waals surface area contributed by atoms with E-state index in [0.29, 0.717) is 28.9 Å². The van der Waals surface area contributed by atoms with Crippen LogP contribution in [0.4, 0.5) is 5.69 Å². The number of nitrogens with zero attached hydrogens (tertiary/aromatic N) is 2. The van der Waals surface area contributed by atoms with Gasteiger partial charge in [-0.3, -0.25) is 9.59 Å². The maximum Gasteiger partial charge on any atom is 0.288 e. The van der Waals surface area contributed by atoms with Crippen LogP contribution < -0.4 is 16.2 Å². The van der Waals surface area contributed by atoms with Crippen molar-refractivity contribution in [1.29, 1.82) is 0 Å². The minimum absolute atomic E-state index is 0.0419. The smallest absolute Gasteiger partial charge is 0.288 e. The molecule has 5 rings (SSSR count). The summed E-state index contributed by atoms with van der Waals surface area (Å²) in [7, 11) is 0. The van der Waals surface area contributed by atoms with Crippen molar-refractivity contribution in [2.24, 2.45) is 23.2 Å². The van der Waals surface area contributed by atoms with E-state index in [9.17, 15) is 14.7 Å². The Morgan fingerprint density at radius 2 is 2.03 bits per heavy atom. The second kappa shape index (κ2) is 8.87. The number of aliphatic hydroxyl groups excluding tert-OH is 1. The van der Waals surface area contributed by atoms with Gasteiger partial charge in [0, 0.05) is 6.04 Å². The van der Waals surface area contributed by atoms with Crippen molar-refractivity contribution in [1.82, 2.24) is 15.1 Å². The van der Waals surface area contributed by atoms with Crippen molar-refractivity contribution in [2.75, 3.05) is 11.9 Å². The van der Waals surface area contributed by atoms with E-state index in [0.717, 1.165) is 16.7 Å². The number of amides is 1. The van der Waals surface area contributed by atoms with E-state index < -0.39 is 17.5 Å². The van der Waals surface area contributed by atoms with Crippen LogP contribution in [0.3, 0.4) is 0 Å². The van der Waals surface area contributed by atoms with Crippen LogP contribution in [0.2, 0.25) is 5.02 Å². The minimum Gasteiger partial charge on any atom is -0.394 e. The van der Waals surface area contributed by atoms with E-state index in [4.69, 9.17) is 11.6 Å². The standard InChI is InChI=1S/C24H31ClN4O3/c1-14-17-9-16(24(17,2)3)10-18(14)27-19-11-26-29(23(32)22(19)25)12-21(31)28-20(13-30)15-7-5-4-6-8-15/h4-8,11,14,16-18,20,27,30H,9-10,12-13H2,1-3H3,(H,28,31)/t14-,16+,17-,18-,20-/m1/s1. The van der Waals surface area contributed by atoms with Crippen LogP contribution in [-0.2, 0) is 11.3 Å². The number of fused-ring (bicyclic) bond motifs is 2. The molecular weight excluding hydrogens is 428 g/mol. The number of benzene rings is 1. The van der Waals surface area contributed by atoms with Gasteiger partial charge in [0.1, 0.15) is 11.6 Å². The molecule has 0 spiro atoms. The average molecular weight is 459 g/mol. The third kappa shape index (κ3) is 4.16. The molecule has 3 aliphatic carbocycles. The summed E-state index contributed by atoms with van der Waals surface area (Å²) < 4.78 is 1.05. The van der Waals surface area contributed by atoms with Gasteiger partial charge in [0.2, 0.25) is 5.91 Å². The summed E-state index contributed by atoms with van der Waals surface area (Å²) in [6.45, 7) is 6.42. The largest absolute Gasteiger partial charge is 0.394 e. The summed E-state index contributed by atoms with van der Waals surface area (Å²) in [5.74, 6) is 1.40. The first-order valence-electron chi connectivity index (χ1n) is 11.2. The third-order valence-corrected chi connectivity index (χ3v) is 8.06. The van der Waals surface area contributed by atoms with Crippen molar-refractivity contribution >= 4 is 23.2 Å². The molecule has 172 valence electrons. The Morgan fingerprint density at radius 1 is 1.31 bits per heavy atom. The van der Waals surface area contributed by atoms with Crippen LogP contribution in [0.1, 0.15) is 45.2 Å². The molecule has 3 aliphatic rings. The number of aromatic nitrogens is 2. The molecular formula is C24H31ClN4O3. The second-order valence-corrected chi connectivity index (χ2v) is 10.1. The Morgan fingerprint density at radius 3 is 2.66 bits per heavy atom. The number of nitrogens with one attached hydrogen (secondary N) is 2. The summed E-state index contributed by atoms with van der Waals surface area (Å²) in [5.41, 5.74) is 1.16. The zero-order chi connectivity index (χ0) is 23.0. The fraction of sp³-hybridized carbons (Fsp3) is 0.542. The zero-order valence-corrected chi connectivity index (χ0v) is 19.5. The van der Waals surface area contributed by atoms with Gasteiger partial charge in [0.15, 0.2) is 0 Å². The zero-order valence-electron chi connectivity index (χ0n) is 18.7. The lowest BCUT2D eigenvalue weighted by atomic mass is 9.45. The van der Waals surface area contributed by atoms with Crippen molar-refractivity contribution < 1.29 is 9.90 Å². The number of hydrogen-bond acceptors (Lipinski definition) is 5. The molecule has 0 unspecified atom stereocenters. The summed E-state index contributed by atoms with van der Waals surface area (Å²) in [6, 6.07) is 8.86. The van der Waals surface area contributed by atoms with Crippen molar-refractivity contribution in [3.8, 4) is 0 Å². The van der Waals surface area contributed by atoms with E-state index in [1.54, 1.807) is 0 Å². The monoisotopic (exact) mass is 458 g/mol.